The molecule has 2 aromatic heterocycles. The Hall–Kier alpha value is -3.37. The Morgan fingerprint density at radius 1 is 1.15 bits per heavy atom. The van der Waals surface area contributed by atoms with Crippen molar-refractivity contribution in [3.63, 3.8) is 0 Å². The monoisotopic (exact) mass is 464 g/mol. The van der Waals surface area contributed by atoms with Gasteiger partial charge in [0.15, 0.2) is 5.60 Å². The van der Waals surface area contributed by atoms with Crippen LogP contribution in [0.2, 0.25) is 0 Å². The molecular formula is C23H24N6O3S. The van der Waals surface area contributed by atoms with Crippen molar-refractivity contribution < 1.29 is 14.7 Å². The summed E-state index contributed by atoms with van der Waals surface area (Å²) in [5, 5.41) is 16.9. The first-order valence-corrected chi connectivity index (χ1v) is 11.6. The van der Waals surface area contributed by atoms with Gasteiger partial charge in [0.1, 0.15) is 10.7 Å². The molecular weight excluding hydrogens is 440 g/mol. The average Bonchev–Trinajstić information content (AvgIpc) is 3.50. The Labute approximate surface area is 195 Å². The molecule has 2 atom stereocenters. The van der Waals surface area contributed by atoms with Crippen molar-refractivity contribution in [2.24, 2.45) is 0 Å². The molecule has 2 amide bonds. The Balaban J connectivity index is 1.37. The fourth-order valence-electron chi connectivity index (χ4n) is 4.27. The SMILES string of the molecule is CN1C[C@@H](Nc2nccc(-c3csc(-c4cccc([C@]5(O)CCN(C)C5=O)c4)n3)n2)CC1=O. The van der Waals surface area contributed by atoms with Crippen molar-refractivity contribution in [3.05, 3.63) is 47.5 Å². The van der Waals surface area contributed by atoms with E-state index in [-0.39, 0.29) is 17.9 Å². The molecule has 2 aliphatic heterocycles. The number of rotatable bonds is 5. The summed E-state index contributed by atoms with van der Waals surface area (Å²) in [6.07, 6.45) is 2.46. The number of likely N-dealkylation sites (tertiary alicyclic amines) is 2. The summed E-state index contributed by atoms with van der Waals surface area (Å²) in [5.41, 5.74) is 1.30. The predicted octanol–water partition coefficient (Wildman–Crippen LogP) is 1.96. The summed E-state index contributed by atoms with van der Waals surface area (Å²) in [4.78, 5) is 41.1. The first kappa shape index (κ1) is 21.5. The summed E-state index contributed by atoms with van der Waals surface area (Å²) in [7, 11) is 3.48. The number of carbonyl (C=O) groups excluding carboxylic acids is 2. The minimum atomic E-state index is -1.49. The van der Waals surface area contributed by atoms with Crippen LogP contribution in [0.3, 0.4) is 0 Å². The molecule has 0 spiro atoms. The van der Waals surface area contributed by atoms with E-state index in [1.807, 2.05) is 23.6 Å². The molecule has 2 aliphatic rings. The van der Waals surface area contributed by atoms with Gasteiger partial charge in [-0.2, -0.15) is 0 Å². The molecule has 0 saturated carbocycles. The fourth-order valence-corrected chi connectivity index (χ4v) is 5.08. The number of hydrogen-bond donors (Lipinski definition) is 2. The van der Waals surface area contributed by atoms with Gasteiger partial charge in [-0.05, 0) is 17.7 Å². The second-order valence-electron chi connectivity index (χ2n) is 8.54. The number of aliphatic hydroxyl groups is 1. The van der Waals surface area contributed by atoms with Crippen LogP contribution < -0.4 is 5.32 Å². The number of aromatic nitrogens is 3. The van der Waals surface area contributed by atoms with Gasteiger partial charge in [-0.3, -0.25) is 9.59 Å². The maximum Gasteiger partial charge on any atom is 0.258 e. The Morgan fingerprint density at radius 2 is 2.00 bits per heavy atom. The fraction of sp³-hybridized carbons (Fsp3) is 0.348. The van der Waals surface area contributed by atoms with E-state index in [9.17, 15) is 14.7 Å². The standard InChI is InChI=1S/C23H24N6O3S/c1-28-9-7-23(32,21(28)31)15-5-3-4-14(10-15)20-26-18(13-33-20)17-6-8-24-22(27-17)25-16-11-19(30)29(2)12-16/h3-6,8,10,13,16,32H,7,9,11-12H2,1-2H3,(H,24,25,27)/t16-,23+/m0/s1. The van der Waals surface area contributed by atoms with Gasteiger partial charge < -0.3 is 20.2 Å². The van der Waals surface area contributed by atoms with Gasteiger partial charge >= 0.3 is 0 Å². The number of nitrogens with one attached hydrogen (secondary N) is 1. The van der Waals surface area contributed by atoms with Gasteiger partial charge in [0.05, 0.1) is 11.7 Å². The summed E-state index contributed by atoms with van der Waals surface area (Å²) in [6.45, 7) is 1.14. The Kier molecular flexibility index (Phi) is 5.34. The second kappa shape index (κ2) is 8.20. The average molecular weight is 465 g/mol. The maximum absolute atomic E-state index is 12.5. The molecule has 33 heavy (non-hydrogen) atoms. The summed E-state index contributed by atoms with van der Waals surface area (Å²) >= 11 is 1.47. The highest BCUT2D eigenvalue weighted by molar-refractivity contribution is 7.13. The number of carbonyl (C=O) groups is 2. The van der Waals surface area contributed by atoms with E-state index >= 15 is 0 Å². The molecule has 2 saturated heterocycles. The molecule has 5 rings (SSSR count). The minimum Gasteiger partial charge on any atom is -0.375 e. The zero-order valence-corrected chi connectivity index (χ0v) is 19.2. The molecule has 4 heterocycles. The van der Waals surface area contributed by atoms with E-state index in [1.54, 1.807) is 42.2 Å². The maximum atomic E-state index is 12.5. The van der Waals surface area contributed by atoms with Gasteiger partial charge in [-0.15, -0.1) is 11.3 Å². The van der Waals surface area contributed by atoms with E-state index in [4.69, 9.17) is 4.98 Å². The number of thiazole rings is 1. The lowest BCUT2D eigenvalue weighted by atomic mass is 9.91. The lowest BCUT2D eigenvalue weighted by Gasteiger charge is -2.21. The van der Waals surface area contributed by atoms with E-state index in [0.29, 0.717) is 48.8 Å². The van der Waals surface area contributed by atoms with Crippen LogP contribution in [-0.2, 0) is 15.2 Å². The van der Waals surface area contributed by atoms with Crippen LogP contribution in [0.15, 0.2) is 41.9 Å². The highest BCUT2D eigenvalue weighted by Gasteiger charge is 2.45. The number of nitrogens with zero attached hydrogens (tertiary/aromatic N) is 5. The molecule has 1 aromatic carbocycles. The number of benzene rings is 1. The first-order chi connectivity index (χ1) is 15.8. The molecule has 2 fully saturated rings. The van der Waals surface area contributed by atoms with Crippen LogP contribution in [0.5, 0.6) is 0 Å². The van der Waals surface area contributed by atoms with Crippen LogP contribution in [0, 0.1) is 0 Å². The number of anilines is 1. The van der Waals surface area contributed by atoms with Crippen LogP contribution >= 0.6 is 11.3 Å². The zero-order valence-electron chi connectivity index (χ0n) is 18.4. The van der Waals surface area contributed by atoms with E-state index < -0.39 is 5.60 Å². The third kappa shape index (κ3) is 3.96. The van der Waals surface area contributed by atoms with E-state index in [1.165, 1.54) is 11.3 Å². The van der Waals surface area contributed by atoms with Crippen LogP contribution in [0.4, 0.5) is 5.95 Å². The van der Waals surface area contributed by atoms with Crippen LogP contribution in [-0.4, -0.2) is 74.9 Å². The lowest BCUT2D eigenvalue weighted by molar-refractivity contribution is -0.143. The van der Waals surface area contributed by atoms with E-state index in [2.05, 4.69) is 15.3 Å². The second-order valence-corrected chi connectivity index (χ2v) is 9.40. The Morgan fingerprint density at radius 3 is 2.73 bits per heavy atom. The molecule has 0 bridgehead atoms. The van der Waals surface area contributed by atoms with Crippen molar-refractivity contribution in [1.82, 2.24) is 24.8 Å². The molecule has 3 aromatic rings. The van der Waals surface area contributed by atoms with Gasteiger partial charge in [0, 0.05) is 57.2 Å². The third-order valence-corrected chi connectivity index (χ3v) is 7.08. The normalized spacial score (nSPS) is 22.9. The van der Waals surface area contributed by atoms with Crippen LogP contribution in [0.25, 0.3) is 22.0 Å². The predicted molar refractivity (Wildman–Crippen MR) is 124 cm³/mol. The largest absolute Gasteiger partial charge is 0.375 e. The molecule has 0 unspecified atom stereocenters. The number of hydrogen-bond acceptors (Lipinski definition) is 8. The molecule has 10 heteroatoms. The van der Waals surface area contributed by atoms with Gasteiger partial charge in [0.2, 0.25) is 11.9 Å². The zero-order chi connectivity index (χ0) is 23.2. The number of likely N-dealkylation sites (N-methyl/N-ethyl adjacent to an activating group) is 2. The van der Waals surface area contributed by atoms with Gasteiger partial charge in [-0.1, -0.05) is 18.2 Å². The van der Waals surface area contributed by atoms with Gasteiger partial charge in [-0.25, -0.2) is 15.0 Å². The topological polar surface area (TPSA) is 112 Å². The summed E-state index contributed by atoms with van der Waals surface area (Å²) in [6, 6.07) is 9.14. The lowest BCUT2D eigenvalue weighted by Crippen LogP contribution is -2.36. The highest BCUT2D eigenvalue weighted by atomic mass is 32.1. The molecule has 0 radical (unpaired) electrons. The Bertz CT molecular complexity index is 1230. The summed E-state index contributed by atoms with van der Waals surface area (Å²) < 4.78 is 0. The highest BCUT2D eigenvalue weighted by Crippen LogP contribution is 2.36. The van der Waals surface area contributed by atoms with Gasteiger partial charge in [0.25, 0.3) is 5.91 Å². The van der Waals surface area contributed by atoms with Crippen molar-refractivity contribution in [1.29, 1.82) is 0 Å². The van der Waals surface area contributed by atoms with Crippen LogP contribution in [0.1, 0.15) is 18.4 Å². The van der Waals surface area contributed by atoms with E-state index in [0.717, 1.165) is 10.6 Å². The van der Waals surface area contributed by atoms with Crippen molar-refractivity contribution in [3.8, 4) is 22.0 Å². The molecule has 170 valence electrons. The van der Waals surface area contributed by atoms with Crippen molar-refractivity contribution in [2.75, 3.05) is 32.5 Å². The third-order valence-electron chi connectivity index (χ3n) is 6.19. The molecule has 0 aliphatic carbocycles. The first-order valence-electron chi connectivity index (χ1n) is 10.7. The van der Waals surface area contributed by atoms with Crippen molar-refractivity contribution in [2.45, 2.75) is 24.5 Å². The molecule has 9 nitrogen and oxygen atoms in total. The number of amides is 2. The van der Waals surface area contributed by atoms with Crippen molar-refractivity contribution >= 4 is 29.1 Å². The smallest absolute Gasteiger partial charge is 0.258 e. The summed E-state index contributed by atoms with van der Waals surface area (Å²) in [5.74, 6) is 0.282. The minimum absolute atomic E-state index is 0.0189. The quantitative estimate of drug-likeness (QED) is 0.594. The molecule has 2 N–H and O–H groups in total.